The molecule has 21 heavy (non-hydrogen) atoms. The SMILES string of the molecule is CC#CC(=O)N1CCC(C(=O)Nc2ccccc2Br)CC1. The topological polar surface area (TPSA) is 49.4 Å². The number of benzene rings is 1. The molecule has 0 aliphatic carbocycles. The largest absolute Gasteiger partial charge is 0.332 e. The van der Waals surface area contributed by atoms with Crippen molar-refractivity contribution in [2.24, 2.45) is 5.92 Å². The summed E-state index contributed by atoms with van der Waals surface area (Å²) in [6.45, 7) is 2.82. The minimum Gasteiger partial charge on any atom is -0.332 e. The Kier molecular flexibility index (Phi) is 5.40. The molecule has 1 fully saturated rings. The molecule has 1 heterocycles. The van der Waals surface area contributed by atoms with Crippen LogP contribution in [0.5, 0.6) is 0 Å². The second-order valence-corrected chi connectivity index (χ2v) is 5.76. The Morgan fingerprint density at radius 1 is 1.29 bits per heavy atom. The van der Waals surface area contributed by atoms with Crippen LogP contribution in [0.3, 0.4) is 0 Å². The van der Waals surface area contributed by atoms with Crippen LogP contribution in [-0.4, -0.2) is 29.8 Å². The van der Waals surface area contributed by atoms with Crippen molar-refractivity contribution < 1.29 is 9.59 Å². The number of nitrogens with one attached hydrogen (secondary N) is 1. The van der Waals surface area contributed by atoms with E-state index in [2.05, 4.69) is 33.1 Å². The van der Waals surface area contributed by atoms with Crippen molar-refractivity contribution in [3.8, 4) is 11.8 Å². The molecule has 5 heteroatoms. The van der Waals surface area contributed by atoms with Gasteiger partial charge < -0.3 is 10.2 Å². The lowest BCUT2D eigenvalue weighted by Gasteiger charge is -2.30. The van der Waals surface area contributed by atoms with Crippen molar-refractivity contribution in [2.45, 2.75) is 19.8 Å². The molecule has 4 nitrogen and oxygen atoms in total. The average Bonchev–Trinajstić information content (AvgIpc) is 2.50. The van der Waals surface area contributed by atoms with Gasteiger partial charge in [0.25, 0.3) is 5.91 Å². The highest BCUT2D eigenvalue weighted by atomic mass is 79.9. The van der Waals surface area contributed by atoms with E-state index in [9.17, 15) is 9.59 Å². The van der Waals surface area contributed by atoms with Gasteiger partial charge in [-0.1, -0.05) is 18.1 Å². The summed E-state index contributed by atoms with van der Waals surface area (Å²) < 4.78 is 0.865. The Balaban J connectivity index is 1.90. The molecular formula is C16H17BrN2O2. The minimum absolute atomic E-state index is 0.00979. The van der Waals surface area contributed by atoms with Gasteiger partial charge in [0.2, 0.25) is 5.91 Å². The third-order valence-electron chi connectivity index (χ3n) is 3.52. The average molecular weight is 349 g/mol. The molecule has 0 unspecified atom stereocenters. The van der Waals surface area contributed by atoms with Crippen molar-refractivity contribution in [1.29, 1.82) is 0 Å². The number of likely N-dealkylation sites (tertiary alicyclic amines) is 1. The summed E-state index contributed by atoms with van der Waals surface area (Å²) in [6, 6.07) is 7.53. The van der Waals surface area contributed by atoms with Crippen LogP contribution in [0.15, 0.2) is 28.7 Å². The highest BCUT2D eigenvalue weighted by molar-refractivity contribution is 9.10. The van der Waals surface area contributed by atoms with Crippen molar-refractivity contribution in [3.63, 3.8) is 0 Å². The maximum absolute atomic E-state index is 12.3. The summed E-state index contributed by atoms with van der Waals surface area (Å²) in [4.78, 5) is 25.6. The number of carbonyl (C=O) groups is 2. The van der Waals surface area contributed by atoms with Crippen LogP contribution in [0.4, 0.5) is 5.69 Å². The van der Waals surface area contributed by atoms with Crippen LogP contribution >= 0.6 is 15.9 Å². The maximum atomic E-state index is 12.3. The van der Waals surface area contributed by atoms with Gasteiger partial charge in [0.1, 0.15) is 0 Å². The fraction of sp³-hybridized carbons (Fsp3) is 0.375. The summed E-state index contributed by atoms with van der Waals surface area (Å²) in [5.74, 6) is 4.95. The summed E-state index contributed by atoms with van der Waals surface area (Å²) in [6.07, 6.45) is 1.35. The Bertz CT molecular complexity index is 596. The molecule has 1 aromatic carbocycles. The molecule has 110 valence electrons. The van der Waals surface area contributed by atoms with E-state index in [0.29, 0.717) is 25.9 Å². The smallest absolute Gasteiger partial charge is 0.298 e. The molecule has 2 rings (SSSR count). The molecule has 0 bridgehead atoms. The van der Waals surface area contributed by atoms with Gasteiger partial charge in [-0.2, -0.15) is 0 Å². The zero-order valence-corrected chi connectivity index (χ0v) is 13.4. The first kappa shape index (κ1) is 15.6. The molecule has 1 saturated heterocycles. The molecule has 1 N–H and O–H groups in total. The first-order valence-electron chi connectivity index (χ1n) is 6.89. The van der Waals surface area contributed by atoms with E-state index < -0.39 is 0 Å². The van der Waals surface area contributed by atoms with Gasteiger partial charge in [-0.3, -0.25) is 9.59 Å². The lowest BCUT2D eigenvalue weighted by Crippen LogP contribution is -2.41. The van der Waals surface area contributed by atoms with Gasteiger partial charge >= 0.3 is 0 Å². The van der Waals surface area contributed by atoms with E-state index in [1.54, 1.807) is 11.8 Å². The first-order valence-corrected chi connectivity index (χ1v) is 7.68. The van der Waals surface area contributed by atoms with Crippen molar-refractivity contribution in [2.75, 3.05) is 18.4 Å². The second kappa shape index (κ2) is 7.28. The van der Waals surface area contributed by atoms with E-state index in [1.165, 1.54) is 0 Å². The molecule has 0 saturated carbocycles. The second-order valence-electron chi connectivity index (χ2n) is 4.91. The van der Waals surface area contributed by atoms with E-state index >= 15 is 0 Å². The summed E-state index contributed by atoms with van der Waals surface area (Å²) >= 11 is 3.41. The number of carbonyl (C=O) groups excluding carboxylic acids is 2. The number of nitrogens with zero attached hydrogens (tertiary/aromatic N) is 1. The monoisotopic (exact) mass is 348 g/mol. The minimum atomic E-state index is -0.151. The predicted molar refractivity (Wildman–Crippen MR) is 85.5 cm³/mol. The van der Waals surface area contributed by atoms with Gasteiger partial charge in [0, 0.05) is 23.5 Å². The van der Waals surface area contributed by atoms with E-state index in [4.69, 9.17) is 0 Å². The summed E-state index contributed by atoms with van der Waals surface area (Å²) in [5.41, 5.74) is 0.776. The normalized spacial score (nSPS) is 15.0. The number of para-hydroxylation sites is 1. The van der Waals surface area contributed by atoms with Crippen LogP contribution in [-0.2, 0) is 9.59 Å². The number of halogens is 1. The van der Waals surface area contributed by atoms with Crippen LogP contribution in [0.25, 0.3) is 0 Å². The Morgan fingerprint density at radius 3 is 2.57 bits per heavy atom. The zero-order chi connectivity index (χ0) is 15.2. The third-order valence-corrected chi connectivity index (χ3v) is 4.21. The van der Waals surface area contributed by atoms with Crippen LogP contribution in [0, 0.1) is 17.8 Å². The Morgan fingerprint density at radius 2 is 1.95 bits per heavy atom. The molecule has 0 spiro atoms. The first-order chi connectivity index (χ1) is 10.1. The van der Waals surface area contributed by atoms with E-state index in [0.717, 1.165) is 10.2 Å². The zero-order valence-electron chi connectivity index (χ0n) is 11.9. The van der Waals surface area contributed by atoms with Gasteiger partial charge in [0.05, 0.1) is 5.69 Å². The van der Waals surface area contributed by atoms with Crippen LogP contribution in [0.1, 0.15) is 19.8 Å². The van der Waals surface area contributed by atoms with Gasteiger partial charge in [-0.15, -0.1) is 0 Å². The molecule has 0 radical (unpaired) electrons. The lowest BCUT2D eigenvalue weighted by molar-refractivity contribution is -0.129. The maximum Gasteiger partial charge on any atom is 0.298 e. The number of rotatable bonds is 2. The fourth-order valence-electron chi connectivity index (χ4n) is 2.33. The Labute approximate surface area is 133 Å². The van der Waals surface area contributed by atoms with Gasteiger partial charge in [-0.05, 0) is 53.7 Å². The van der Waals surface area contributed by atoms with E-state index in [1.807, 2.05) is 24.3 Å². The molecule has 0 aromatic heterocycles. The van der Waals surface area contributed by atoms with Gasteiger partial charge in [-0.25, -0.2) is 0 Å². The molecule has 1 aromatic rings. The molecule has 0 atom stereocenters. The number of hydrogen-bond acceptors (Lipinski definition) is 2. The number of piperidine rings is 1. The molecule has 2 amide bonds. The lowest BCUT2D eigenvalue weighted by atomic mass is 9.95. The van der Waals surface area contributed by atoms with E-state index in [-0.39, 0.29) is 17.7 Å². The fourth-order valence-corrected chi connectivity index (χ4v) is 2.71. The predicted octanol–water partition coefficient (Wildman–Crippen LogP) is 2.65. The quantitative estimate of drug-likeness (QED) is 0.835. The number of hydrogen-bond donors (Lipinski definition) is 1. The van der Waals surface area contributed by atoms with Crippen LogP contribution in [0.2, 0.25) is 0 Å². The standard InChI is InChI=1S/C16H17BrN2O2/c1-2-5-15(20)19-10-8-12(9-11-19)16(21)18-14-7-4-3-6-13(14)17/h3-4,6-7,12H,8-11H2,1H3,(H,18,21). The molecule has 1 aliphatic rings. The molecule has 1 aliphatic heterocycles. The summed E-state index contributed by atoms with van der Waals surface area (Å²) in [5, 5.41) is 2.93. The third kappa shape index (κ3) is 4.08. The van der Waals surface area contributed by atoms with Crippen LogP contribution < -0.4 is 5.32 Å². The highest BCUT2D eigenvalue weighted by Gasteiger charge is 2.26. The Hall–Kier alpha value is -1.80. The van der Waals surface area contributed by atoms with Crippen molar-refractivity contribution in [1.82, 2.24) is 4.90 Å². The van der Waals surface area contributed by atoms with Crippen molar-refractivity contribution in [3.05, 3.63) is 28.7 Å². The van der Waals surface area contributed by atoms with Gasteiger partial charge in [0.15, 0.2) is 0 Å². The summed E-state index contributed by atoms with van der Waals surface area (Å²) in [7, 11) is 0. The van der Waals surface area contributed by atoms with Crippen molar-refractivity contribution >= 4 is 33.4 Å². The highest BCUT2D eigenvalue weighted by Crippen LogP contribution is 2.24. The number of amides is 2. The number of anilines is 1. The molecular weight excluding hydrogens is 332 g/mol.